The van der Waals surface area contributed by atoms with Crippen LogP contribution in [-0.2, 0) is 11.3 Å². The Morgan fingerprint density at radius 2 is 2.29 bits per heavy atom. The van der Waals surface area contributed by atoms with Crippen molar-refractivity contribution in [2.45, 2.75) is 44.2 Å². The third kappa shape index (κ3) is 4.75. The molecule has 1 aliphatic heterocycles. The quantitative estimate of drug-likeness (QED) is 0.820. The van der Waals surface area contributed by atoms with Crippen LogP contribution in [0.25, 0.3) is 0 Å². The molecule has 0 aromatic heterocycles. The van der Waals surface area contributed by atoms with E-state index in [0.717, 1.165) is 19.5 Å². The Balaban J connectivity index is 2.01. The molecule has 1 unspecified atom stereocenters. The zero-order chi connectivity index (χ0) is 15.2. The van der Waals surface area contributed by atoms with E-state index >= 15 is 0 Å². The summed E-state index contributed by atoms with van der Waals surface area (Å²) in [6, 6.07) is 8.72. The maximum Gasteiger partial charge on any atom is 0.223 e. The lowest BCUT2D eigenvalue weighted by molar-refractivity contribution is -0.134. The Bertz CT molecular complexity index is 470. The molecule has 3 nitrogen and oxygen atoms in total. The average Bonchev–Trinajstić information content (AvgIpc) is 2.97. The maximum absolute atomic E-state index is 12.6. The highest BCUT2D eigenvalue weighted by Gasteiger charge is 2.23. The van der Waals surface area contributed by atoms with E-state index in [4.69, 9.17) is 0 Å². The van der Waals surface area contributed by atoms with Crippen LogP contribution in [0.15, 0.2) is 29.2 Å². The van der Waals surface area contributed by atoms with E-state index in [2.05, 4.69) is 49.7 Å². The van der Waals surface area contributed by atoms with Crippen molar-refractivity contribution in [1.82, 2.24) is 10.2 Å². The summed E-state index contributed by atoms with van der Waals surface area (Å²) >= 11 is 1.74. The van der Waals surface area contributed by atoms with E-state index in [9.17, 15) is 4.79 Å². The molecule has 1 fully saturated rings. The molecule has 1 amide bonds. The highest BCUT2D eigenvalue weighted by atomic mass is 32.2. The fourth-order valence-corrected chi connectivity index (χ4v) is 3.26. The van der Waals surface area contributed by atoms with Crippen molar-refractivity contribution >= 4 is 17.7 Å². The molecule has 1 atom stereocenters. The second-order valence-corrected chi connectivity index (χ2v) is 6.91. The normalized spacial score (nSPS) is 18.2. The second kappa shape index (κ2) is 7.85. The summed E-state index contributed by atoms with van der Waals surface area (Å²) < 4.78 is 0. The SMILES string of the molecule is CSc1cccc(CN(C(=O)CC2CCNC2)C(C)C)c1. The van der Waals surface area contributed by atoms with Gasteiger partial charge in [-0.2, -0.15) is 0 Å². The monoisotopic (exact) mass is 306 g/mol. The van der Waals surface area contributed by atoms with E-state index in [1.807, 2.05) is 4.90 Å². The molecule has 0 spiro atoms. The first kappa shape index (κ1) is 16.4. The smallest absolute Gasteiger partial charge is 0.223 e. The van der Waals surface area contributed by atoms with E-state index in [-0.39, 0.29) is 11.9 Å². The Morgan fingerprint density at radius 1 is 1.48 bits per heavy atom. The predicted octanol–water partition coefficient (Wildman–Crippen LogP) is 3.15. The molecule has 1 heterocycles. The summed E-state index contributed by atoms with van der Waals surface area (Å²) in [5.41, 5.74) is 1.22. The van der Waals surface area contributed by atoms with E-state index in [0.29, 0.717) is 18.9 Å². The lowest BCUT2D eigenvalue weighted by atomic mass is 10.0. The first-order valence-corrected chi connectivity index (χ1v) is 8.95. The Hall–Kier alpha value is -1.00. The zero-order valence-corrected chi connectivity index (χ0v) is 14.1. The van der Waals surface area contributed by atoms with Gasteiger partial charge in [0.1, 0.15) is 0 Å². The van der Waals surface area contributed by atoms with Gasteiger partial charge in [-0.15, -0.1) is 11.8 Å². The largest absolute Gasteiger partial charge is 0.336 e. The van der Waals surface area contributed by atoms with Crippen molar-refractivity contribution in [3.8, 4) is 0 Å². The number of thioether (sulfide) groups is 1. The van der Waals surface area contributed by atoms with E-state index in [1.165, 1.54) is 10.5 Å². The predicted molar refractivity (Wildman–Crippen MR) is 89.5 cm³/mol. The molecule has 0 radical (unpaired) electrons. The Kier molecular flexibility index (Phi) is 6.12. The van der Waals surface area contributed by atoms with Gasteiger partial charge in [0.15, 0.2) is 0 Å². The highest BCUT2D eigenvalue weighted by Crippen LogP contribution is 2.20. The number of rotatable bonds is 6. The molecule has 1 aliphatic rings. The third-order valence-electron chi connectivity index (χ3n) is 4.06. The van der Waals surface area contributed by atoms with Crippen LogP contribution in [0.4, 0.5) is 0 Å². The highest BCUT2D eigenvalue weighted by molar-refractivity contribution is 7.98. The minimum absolute atomic E-state index is 0.241. The van der Waals surface area contributed by atoms with Gasteiger partial charge in [0, 0.05) is 23.9 Å². The van der Waals surface area contributed by atoms with Crippen LogP contribution in [-0.4, -0.2) is 36.2 Å². The molecular weight excluding hydrogens is 280 g/mol. The summed E-state index contributed by atoms with van der Waals surface area (Å²) in [6.07, 6.45) is 3.88. The zero-order valence-electron chi connectivity index (χ0n) is 13.3. The van der Waals surface area contributed by atoms with Gasteiger partial charge in [0.2, 0.25) is 5.91 Å². The van der Waals surface area contributed by atoms with Gasteiger partial charge in [-0.25, -0.2) is 0 Å². The minimum atomic E-state index is 0.241. The second-order valence-electron chi connectivity index (χ2n) is 6.03. The number of nitrogens with one attached hydrogen (secondary N) is 1. The number of carbonyl (C=O) groups excluding carboxylic acids is 1. The number of amides is 1. The minimum Gasteiger partial charge on any atom is -0.336 e. The van der Waals surface area contributed by atoms with Crippen molar-refractivity contribution < 1.29 is 4.79 Å². The topological polar surface area (TPSA) is 32.3 Å². The van der Waals surface area contributed by atoms with Gasteiger partial charge < -0.3 is 10.2 Å². The van der Waals surface area contributed by atoms with Gasteiger partial charge in [0.05, 0.1) is 0 Å². The first-order chi connectivity index (χ1) is 10.1. The van der Waals surface area contributed by atoms with Crippen molar-refractivity contribution in [2.75, 3.05) is 19.3 Å². The Labute approximate surface area is 132 Å². The molecule has 0 bridgehead atoms. The fraction of sp³-hybridized carbons (Fsp3) is 0.588. The summed E-state index contributed by atoms with van der Waals surface area (Å²) in [6.45, 7) is 6.95. The molecule has 1 aromatic rings. The van der Waals surface area contributed by atoms with E-state index < -0.39 is 0 Å². The van der Waals surface area contributed by atoms with Crippen LogP contribution in [0.2, 0.25) is 0 Å². The van der Waals surface area contributed by atoms with Gasteiger partial charge >= 0.3 is 0 Å². The lowest BCUT2D eigenvalue weighted by Crippen LogP contribution is -2.37. The number of nitrogens with zero attached hydrogens (tertiary/aromatic N) is 1. The maximum atomic E-state index is 12.6. The van der Waals surface area contributed by atoms with Crippen LogP contribution < -0.4 is 5.32 Å². The van der Waals surface area contributed by atoms with Crippen molar-refractivity contribution in [2.24, 2.45) is 5.92 Å². The van der Waals surface area contributed by atoms with Crippen molar-refractivity contribution in [3.05, 3.63) is 29.8 Å². The molecule has 1 N–H and O–H groups in total. The molecule has 1 saturated heterocycles. The lowest BCUT2D eigenvalue weighted by Gasteiger charge is -2.28. The van der Waals surface area contributed by atoms with Crippen LogP contribution in [0, 0.1) is 5.92 Å². The number of hydrogen-bond donors (Lipinski definition) is 1. The summed E-state index contributed by atoms with van der Waals surface area (Å²) in [5.74, 6) is 0.796. The van der Waals surface area contributed by atoms with Crippen molar-refractivity contribution in [1.29, 1.82) is 0 Å². The van der Waals surface area contributed by atoms with Gasteiger partial charge in [-0.3, -0.25) is 4.79 Å². The number of carbonyl (C=O) groups is 1. The average molecular weight is 306 g/mol. The molecule has 2 rings (SSSR count). The third-order valence-corrected chi connectivity index (χ3v) is 4.78. The number of hydrogen-bond acceptors (Lipinski definition) is 3. The van der Waals surface area contributed by atoms with Gasteiger partial charge in [0.25, 0.3) is 0 Å². The number of benzene rings is 1. The molecule has 0 aliphatic carbocycles. The van der Waals surface area contributed by atoms with Crippen LogP contribution in [0.1, 0.15) is 32.3 Å². The molecule has 21 heavy (non-hydrogen) atoms. The summed E-state index contributed by atoms with van der Waals surface area (Å²) in [5, 5.41) is 3.34. The molecule has 1 aromatic carbocycles. The van der Waals surface area contributed by atoms with E-state index in [1.54, 1.807) is 11.8 Å². The van der Waals surface area contributed by atoms with Crippen LogP contribution in [0.5, 0.6) is 0 Å². The Morgan fingerprint density at radius 3 is 2.90 bits per heavy atom. The van der Waals surface area contributed by atoms with Crippen molar-refractivity contribution in [3.63, 3.8) is 0 Å². The van der Waals surface area contributed by atoms with Gasteiger partial charge in [-0.1, -0.05) is 12.1 Å². The van der Waals surface area contributed by atoms with Gasteiger partial charge in [-0.05, 0) is 63.2 Å². The molecule has 0 saturated carbocycles. The molecular formula is C17H26N2OS. The molecule has 116 valence electrons. The standard InChI is InChI=1S/C17H26N2OS/c1-13(2)19(17(20)10-14-7-8-18-11-14)12-15-5-4-6-16(9-15)21-3/h4-6,9,13-14,18H,7-8,10-12H2,1-3H3. The first-order valence-electron chi connectivity index (χ1n) is 7.73. The fourth-order valence-electron chi connectivity index (χ4n) is 2.78. The van der Waals surface area contributed by atoms with Crippen LogP contribution in [0.3, 0.4) is 0 Å². The molecule has 4 heteroatoms. The summed E-state index contributed by atoms with van der Waals surface area (Å²) in [4.78, 5) is 15.9. The summed E-state index contributed by atoms with van der Waals surface area (Å²) in [7, 11) is 0. The van der Waals surface area contributed by atoms with Crippen LogP contribution >= 0.6 is 11.8 Å².